The second kappa shape index (κ2) is 3.70. The zero-order valence-electron chi connectivity index (χ0n) is 7.94. The summed E-state index contributed by atoms with van der Waals surface area (Å²) >= 11 is 0. The van der Waals surface area contributed by atoms with Crippen LogP contribution in [0.15, 0.2) is 30.0 Å². The molecule has 2 rings (SSSR count). The standard InChI is InChI=1S/C11H13NO2/c13-11(14)10-6-3-7-12(10)8-9-4-1-2-5-9/h3-4,6-7H,1-2,5,8H2,(H,13,14). The van der Waals surface area contributed by atoms with E-state index in [2.05, 4.69) is 6.08 Å². The maximum Gasteiger partial charge on any atom is 0.352 e. The van der Waals surface area contributed by atoms with Crippen LogP contribution in [0.2, 0.25) is 0 Å². The highest BCUT2D eigenvalue weighted by atomic mass is 16.4. The number of hydrogen-bond donors (Lipinski definition) is 1. The van der Waals surface area contributed by atoms with Gasteiger partial charge in [0.25, 0.3) is 0 Å². The molecule has 0 atom stereocenters. The molecule has 0 aromatic carbocycles. The lowest BCUT2D eigenvalue weighted by Gasteiger charge is -2.06. The molecule has 0 bridgehead atoms. The fourth-order valence-corrected chi connectivity index (χ4v) is 1.85. The van der Waals surface area contributed by atoms with Gasteiger partial charge in [-0.25, -0.2) is 4.79 Å². The van der Waals surface area contributed by atoms with Crippen LogP contribution >= 0.6 is 0 Å². The summed E-state index contributed by atoms with van der Waals surface area (Å²) in [5, 5.41) is 8.89. The lowest BCUT2D eigenvalue weighted by atomic mass is 10.2. The highest BCUT2D eigenvalue weighted by Gasteiger charge is 2.11. The number of allylic oxidation sites excluding steroid dienone is 2. The highest BCUT2D eigenvalue weighted by molar-refractivity contribution is 5.85. The molecule has 0 spiro atoms. The molecule has 1 aliphatic rings. The summed E-state index contributed by atoms with van der Waals surface area (Å²) in [4.78, 5) is 10.8. The van der Waals surface area contributed by atoms with Crippen LogP contribution in [0.3, 0.4) is 0 Å². The highest BCUT2D eigenvalue weighted by Crippen LogP contribution is 2.20. The monoisotopic (exact) mass is 191 g/mol. The van der Waals surface area contributed by atoms with Gasteiger partial charge in [-0.05, 0) is 31.4 Å². The summed E-state index contributed by atoms with van der Waals surface area (Å²) in [6, 6.07) is 3.41. The van der Waals surface area contributed by atoms with Gasteiger partial charge in [0.15, 0.2) is 0 Å². The Labute approximate surface area is 82.7 Å². The minimum atomic E-state index is -0.853. The molecule has 74 valence electrons. The van der Waals surface area contributed by atoms with Gasteiger partial charge in [-0.2, -0.15) is 0 Å². The van der Waals surface area contributed by atoms with Crippen molar-refractivity contribution in [2.75, 3.05) is 0 Å². The first-order valence-corrected chi connectivity index (χ1v) is 4.84. The van der Waals surface area contributed by atoms with E-state index in [0.29, 0.717) is 5.69 Å². The maximum absolute atomic E-state index is 10.8. The van der Waals surface area contributed by atoms with E-state index in [4.69, 9.17) is 5.11 Å². The molecular weight excluding hydrogens is 178 g/mol. The van der Waals surface area contributed by atoms with Crippen LogP contribution in [0.1, 0.15) is 29.8 Å². The van der Waals surface area contributed by atoms with E-state index in [9.17, 15) is 4.79 Å². The number of carboxylic acid groups (broad SMARTS) is 1. The molecule has 0 amide bonds. The van der Waals surface area contributed by atoms with Crippen LogP contribution in [0, 0.1) is 0 Å². The van der Waals surface area contributed by atoms with E-state index in [-0.39, 0.29) is 0 Å². The molecule has 14 heavy (non-hydrogen) atoms. The largest absolute Gasteiger partial charge is 0.477 e. The molecule has 0 saturated carbocycles. The van der Waals surface area contributed by atoms with Gasteiger partial charge in [0.1, 0.15) is 5.69 Å². The van der Waals surface area contributed by atoms with E-state index >= 15 is 0 Å². The second-order valence-corrected chi connectivity index (χ2v) is 3.58. The zero-order chi connectivity index (χ0) is 9.97. The number of nitrogens with zero attached hydrogens (tertiary/aromatic N) is 1. The molecule has 3 nitrogen and oxygen atoms in total. The van der Waals surface area contributed by atoms with Crippen molar-refractivity contribution >= 4 is 5.97 Å². The third kappa shape index (κ3) is 1.71. The van der Waals surface area contributed by atoms with Crippen molar-refractivity contribution < 1.29 is 9.90 Å². The first kappa shape index (κ1) is 9.06. The van der Waals surface area contributed by atoms with Crippen LogP contribution in [0.25, 0.3) is 0 Å². The normalized spacial score (nSPS) is 15.6. The molecule has 1 aromatic rings. The number of aromatic carboxylic acids is 1. The van der Waals surface area contributed by atoms with Gasteiger partial charge in [0.05, 0.1) is 0 Å². The average Bonchev–Trinajstić information content (AvgIpc) is 2.75. The fourth-order valence-electron chi connectivity index (χ4n) is 1.85. The van der Waals surface area contributed by atoms with Gasteiger partial charge in [-0.1, -0.05) is 11.6 Å². The number of aromatic nitrogens is 1. The molecule has 0 saturated heterocycles. The predicted molar refractivity (Wildman–Crippen MR) is 53.3 cm³/mol. The van der Waals surface area contributed by atoms with Gasteiger partial charge in [-0.15, -0.1) is 0 Å². The predicted octanol–water partition coefficient (Wildman–Crippen LogP) is 2.30. The van der Waals surface area contributed by atoms with Crippen LogP contribution in [0.4, 0.5) is 0 Å². The smallest absolute Gasteiger partial charge is 0.352 e. The van der Waals surface area contributed by atoms with E-state index in [1.54, 1.807) is 16.7 Å². The third-order valence-electron chi connectivity index (χ3n) is 2.56. The SMILES string of the molecule is O=C(O)c1cccn1CC1=CCCC1. The first-order valence-electron chi connectivity index (χ1n) is 4.84. The van der Waals surface area contributed by atoms with Crippen molar-refractivity contribution in [2.24, 2.45) is 0 Å². The van der Waals surface area contributed by atoms with Crippen molar-refractivity contribution in [3.63, 3.8) is 0 Å². The van der Waals surface area contributed by atoms with E-state index < -0.39 is 5.97 Å². The van der Waals surface area contributed by atoms with Gasteiger partial charge in [0, 0.05) is 12.7 Å². The molecule has 0 aliphatic heterocycles. The summed E-state index contributed by atoms with van der Waals surface area (Å²) in [5.41, 5.74) is 1.72. The van der Waals surface area contributed by atoms with Gasteiger partial charge in [-0.3, -0.25) is 0 Å². The Kier molecular flexibility index (Phi) is 2.39. The lowest BCUT2D eigenvalue weighted by Crippen LogP contribution is -2.08. The Morgan fingerprint density at radius 1 is 1.57 bits per heavy atom. The molecule has 1 heterocycles. The number of hydrogen-bond acceptors (Lipinski definition) is 1. The van der Waals surface area contributed by atoms with Gasteiger partial charge < -0.3 is 9.67 Å². The van der Waals surface area contributed by atoms with Crippen molar-refractivity contribution in [3.8, 4) is 0 Å². The molecule has 3 heteroatoms. The quantitative estimate of drug-likeness (QED) is 0.745. The van der Waals surface area contributed by atoms with Gasteiger partial charge in [0.2, 0.25) is 0 Å². The summed E-state index contributed by atoms with van der Waals surface area (Å²) in [7, 11) is 0. The summed E-state index contributed by atoms with van der Waals surface area (Å²) in [5.74, 6) is -0.853. The van der Waals surface area contributed by atoms with E-state index in [0.717, 1.165) is 19.4 Å². The Hall–Kier alpha value is -1.51. The van der Waals surface area contributed by atoms with E-state index in [1.165, 1.54) is 12.0 Å². The average molecular weight is 191 g/mol. The van der Waals surface area contributed by atoms with Crippen molar-refractivity contribution in [1.29, 1.82) is 0 Å². The Morgan fingerprint density at radius 3 is 3.07 bits per heavy atom. The van der Waals surface area contributed by atoms with Crippen molar-refractivity contribution in [2.45, 2.75) is 25.8 Å². The Bertz CT molecular complexity index is 376. The molecule has 0 unspecified atom stereocenters. The van der Waals surface area contributed by atoms with Crippen LogP contribution < -0.4 is 0 Å². The minimum Gasteiger partial charge on any atom is -0.477 e. The molecule has 1 N–H and O–H groups in total. The second-order valence-electron chi connectivity index (χ2n) is 3.58. The van der Waals surface area contributed by atoms with Gasteiger partial charge >= 0.3 is 5.97 Å². The van der Waals surface area contributed by atoms with Crippen LogP contribution in [-0.2, 0) is 6.54 Å². The van der Waals surface area contributed by atoms with Crippen LogP contribution in [-0.4, -0.2) is 15.6 Å². The fraction of sp³-hybridized carbons (Fsp3) is 0.364. The zero-order valence-corrected chi connectivity index (χ0v) is 7.94. The maximum atomic E-state index is 10.8. The minimum absolute atomic E-state index is 0.373. The van der Waals surface area contributed by atoms with Crippen molar-refractivity contribution in [3.05, 3.63) is 35.7 Å². The first-order chi connectivity index (χ1) is 6.77. The van der Waals surface area contributed by atoms with E-state index in [1.807, 2.05) is 6.20 Å². The molecule has 1 aliphatic carbocycles. The Balaban J connectivity index is 2.15. The summed E-state index contributed by atoms with van der Waals surface area (Å²) in [6.07, 6.45) is 7.49. The molecule has 0 radical (unpaired) electrons. The van der Waals surface area contributed by atoms with Crippen molar-refractivity contribution in [1.82, 2.24) is 4.57 Å². The third-order valence-corrected chi connectivity index (χ3v) is 2.56. The number of carbonyl (C=O) groups is 1. The number of carboxylic acids is 1. The summed E-state index contributed by atoms with van der Waals surface area (Å²) < 4.78 is 1.79. The summed E-state index contributed by atoms with van der Waals surface area (Å²) in [6.45, 7) is 0.731. The molecule has 1 aromatic heterocycles. The molecule has 0 fully saturated rings. The molecular formula is C11H13NO2. The number of rotatable bonds is 3. The van der Waals surface area contributed by atoms with Crippen LogP contribution in [0.5, 0.6) is 0 Å². The topological polar surface area (TPSA) is 42.2 Å². The Morgan fingerprint density at radius 2 is 2.43 bits per heavy atom. The lowest BCUT2D eigenvalue weighted by molar-refractivity contribution is 0.0685.